The van der Waals surface area contributed by atoms with E-state index in [4.69, 9.17) is 4.74 Å². The number of methoxy groups -OCH3 is 1. The molecule has 0 unspecified atom stereocenters. The van der Waals surface area contributed by atoms with Crippen molar-refractivity contribution in [2.75, 3.05) is 44.8 Å². The number of benzene rings is 1. The van der Waals surface area contributed by atoms with Gasteiger partial charge in [0, 0.05) is 39.0 Å². The Morgan fingerprint density at radius 3 is 2.57 bits per heavy atom. The molecule has 1 aromatic heterocycles. The van der Waals surface area contributed by atoms with Crippen molar-refractivity contribution in [3.05, 3.63) is 35.7 Å². The number of piperazine rings is 1. The van der Waals surface area contributed by atoms with Gasteiger partial charge in [-0.15, -0.1) is 5.10 Å². The zero-order valence-electron chi connectivity index (χ0n) is 16.1. The summed E-state index contributed by atoms with van der Waals surface area (Å²) in [7, 11) is 1.63. The predicted molar refractivity (Wildman–Crippen MR) is 98.0 cm³/mol. The van der Waals surface area contributed by atoms with Gasteiger partial charge in [0.05, 0.1) is 24.8 Å². The van der Waals surface area contributed by atoms with Crippen molar-refractivity contribution in [3.63, 3.8) is 0 Å². The lowest BCUT2D eigenvalue weighted by Gasteiger charge is -2.39. The molecular weight excluding hydrogens is 373 g/mol. The molecule has 0 spiro atoms. The van der Waals surface area contributed by atoms with Crippen LogP contribution in [0.2, 0.25) is 0 Å². The van der Waals surface area contributed by atoms with Crippen molar-refractivity contribution in [1.82, 2.24) is 25.1 Å². The maximum absolute atomic E-state index is 13.0. The highest BCUT2D eigenvalue weighted by atomic mass is 19.4. The van der Waals surface area contributed by atoms with E-state index in [9.17, 15) is 13.2 Å². The van der Waals surface area contributed by atoms with Crippen molar-refractivity contribution in [2.24, 2.45) is 0 Å². The first-order chi connectivity index (χ1) is 13.4. The fourth-order valence-corrected chi connectivity index (χ4v) is 3.56. The van der Waals surface area contributed by atoms with Crippen LogP contribution in [0.5, 0.6) is 0 Å². The van der Waals surface area contributed by atoms with E-state index in [0.717, 1.165) is 31.4 Å². The van der Waals surface area contributed by atoms with Crippen LogP contribution in [0.4, 0.5) is 18.9 Å². The van der Waals surface area contributed by atoms with Gasteiger partial charge in [-0.3, -0.25) is 4.90 Å². The van der Waals surface area contributed by atoms with Crippen molar-refractivity contribution >= 4 is 5.69 Å². The second kappa shape index (κ2) is 8.87. The summed E-state index contributed by atoms with van der Waals surface area (Å²) >= 11 is 0. The minimum absolute atomic E-state index is 0.0653. The van der Waals surface area contributed by atoms with Gasteiger partial charge in [-0.05, 0) is 35.0 Å². The summed E-state index contributed by atoms with van der Waals surface area (Å²) in [6.07, 6.45) is -3.48. The number of ether oxygens (including phenoxy) is 1. The molecule has 1 saturated heterocycles. The molecule has 0 N–H and O–H groups in total. The van der Waals surface area contributed by atoms with Gasteiger partial charge < -0.3 is 9.64 Å². The van der Waals surface area contributed by atoms with E-state index in [0.29, 0.717) is 31.9 Å². The highest BCUT2D eigenvalue weighted by Gasteiger charge is 2.32. The van der Waals surface area contributed by atoms with Gasteiger partial charge in [0.2, 0.25) is 0 Å². The Hall–Kier alpha value is -2.20. The van der Waals surface area contributed by atoms with E-state index in [1.165, 1.54) is 12.1 Å². The number of halogens is 3. The molecule has 10 heteroatoms. The van der Waals surface area contributed by atoms with Crippen molar-refractivity contribution in [2.45, 2.75) is 32.1 Å². The maximum atomic E-state index is 13.0. The lowest BCUT2D eigenvalue weighted by atomic mass is 10.1. The summed E-state index contributed by atoms with van der Waals surface area (Å²) in [5.41, 5.74) is -0.0105. The third-order valence-corrected chi connectivity index (χ3v) is 5.05. The lowest BCUT2D eigenvalue weighted by molar-refractivity contribution is -0.137. The number of hydrogen-bond acceptors (Lipinski definition) is 6. The van der Waals surface area contributed by atoms with Crippen LogP contribution in [0.1, 0.15) is 30.8 Å². The number of aromatic nitrogens is 4. The average Bonchev–Trinajstić information content (AvgIpc) is 3.15. The normalized spacial score (nSPS) is 17.1. The van der Waals surface area contributed by atoms with E-state index in [-0.39, 0.29) is 6.04 Å². The molecule has 0 bridgehead atoms. The molecule has 7 nitrogen and oxygen atoms in total. The minimum atomic E-state index is -4.33. The molecule has 1 aliphatic rings. The molecule has 0 aliphatic carbocycles. The summed E-state index contributed by atoms with van der Waals surface area (Å²) in [4.78, 5) is 4.28. The van der Waals surface area contributed by atoms with Crippen LogP contribution in [-0.4, -0.2) is 65.0 Å². The zero-order chi connectivity index (χ0) is 20.1. The van der Waals surface area contributed by atoms with Crippen LogP contribution in [0.25, 0.3) is 0 Å². The maximum Gasteiger partial charge on any atom is 0.416 e. The van der Waals surface area contributed by atoms with Gasteiger partial charge in [-0.2, -0.15) is 13.2 Å². The van der Waals surface area contributed by atoms with Gasteiger partial charge in [-0.25, -0.2) is 4.68 Å². The summed E-state index contributed by atoms with van der Waals surface area (Å²) in [6.45, 7) is 5.95. The standard InChI is InChI=1S/C18H25F3N6O/c1-3-16(17-22-23-24-27(17)11-12-28-2)26-9-7-25(8-10-26)15-6-4-5-14(13-15)18(19,20)21/h4-6,13,16H,3,7-12H2,1-2H3/t16-/m0/s1. The van der Waals surface area contributed by atoms with Gasteiger partial charge in [0.15, 0.2) is 5.82 Å². The Labute approximate surface area is 162 Å². The van der Waals surface area contributed by atoms with E-state index < -0.39 is 11.7 Å². The number of nitrogens with zero attached hydrogens (tertiary/aromatic N) is 6. The predicted octanol–water partition coefficient (Wildman–Crippen LogP) is 2.61. The van der Waals surface area contributed by atoms with Crippen LogP contribution < -0.4 is 4.90 Å². The van der Waals surface area contributed by atoms with E-state index in [2.05, 4.69) is 27.3 Å². The molecule has 1 aromatic carbocycles. The first kappa shape index (κ1) is 20.5. The third-order valence-electron chi connectivity index (χ3n) is 5.05. The summed E-state index contributed by atoms with van der Waals surface area (Å²) < 4.78 is 45.8. The fraction of sp³-hybridized carbons (Fsp3) is 0.611. The third kappa shape index (κ3) is 4.61. The van der Waals surface area contributed by atoms with E-state index >= 15 is 0 Å². The Balaban J connectivity index is 1.67. The Morgan fingerprint density at radius 2 is 1.93 bits per heavy atom. The summed E-state index contributed by atoms with van der Waals surface area (Å²) in [6, 6.07) is 5.58. The molecule has 1 aliphatic heterocycles. The first-order valence-corrected chi connectivity index (χ1v) is 9.35. The molecule has 0 radical (unpaired) electrons. The van der Waals surface area contributed by atoms with Crippen LogP contribution in [0, 0.1) is 0 Å². The molecule has 28 heavy (non-hydrogen) atoms. The van der Waals surface area contributed by atoms with Crippen molar-refractivity contribution < 1.29 is 17.9 Å². The molecule has 2 heterocycles. The van der Waals surface area contributed by atoms with Crippen LogP contribution in [0.3, 0.4) is 0 Å². The van der Waals surface area contributed by atoms with Gasteiger partial charge in [0.25, 0.3) is 0 Å². The number of rotatable bonds is 7. The SMILES string of the molecule is CC[C@@H](c1nnnn1CCOC)N1CCN(c2cccc(C(F)(F)F)c2)CC1. The zero-order valence-corrected chi connectivity index (χ0v) is 16.1. The van der Waals surface area contributed by atoms with Crippen molar-refractivity contribution in [3.8, 4) is 0 Å². The van der Waals surface area contributed by atoms with Crippen LogP contribution in [-0.2, 0) is 17.5 Å². The Kier molecular flexibility index (Phi) is 6.50. The van der Waals surface area contributed by atoms with Gasteiger partial charge in [-0.1, -0.05) is 13.0 Å². The highest BCUT2D eigenvalue weighted by molar-refractivity contribution is 5.49. The molecule has 154 valence electrons. The largest absolute Gasteiger partial charge is 0.416 e. The number of anilines is 1. The number of tetrazole rings is 1. The number of alkyl halides is 3. The highest BCUT2D eigenvalue weighted by Crippen LogP contribution is 2.32. The molecule has 1 fully saturated rings. The fourth-order valence-electron chi connectivity index (χ4n) is 3.56. The minimum Gasteiger partial charge on any atom is -0.383 e. The average molecular weight is 398 g/mol. The Morgan fingerprint density at radius 1 is 1.18 bits per heavy atom. The topological polar surface area (TPSA) is 59.3 Å². The van der Waals surface area contributed by atoms with Gasteiger partial charge >= 0.3 is 6.18 Å². The molecule has 1 atom stereocenters. The molecular formula is C18H25F3N6O. The van der Waals surface area contributed by atoms with E-state index in [1.54, 1.807) is 17.9 Å². The van der Waals surface area contributed by atoms with E-state index in [1.807, 2.05) is 4.90 Å². The molecule has 0 amide bonds. The smallest absolute Gasteiger partial charge is 0.383 e. The summed E-state index contributed by atoms with van der Waals surface area (Å²) in [5.74, 6) is 0.798. The monoisotopic (exact) mass is 398 g/mol. The Bertz CT molecular complexity index is 758. The first-order valence-electron chi connectivity index (χ1n) is 9.35. The van der Waals surface area contributed by atoms with Crippen molar-refractivity contribution in [1.29, 1.82) is 0 Å². The molecule has 0 saturated carbocycles. The molecule has 3 rings (SSSR count). The van der Waals surface area contributed by atoms with Crippen LogP contribution in [0.15, 0.2) is 24.3 Å². The quantitative estimate of drug-likeness (QED) is 0.715. The number of hydrogen-bond donors (Lipinski definition) is 0. The second-order valence-electron chi connectivity index (χ2n) is 6.75. The lowest BCUT2D eigenvalue weighted by Crippen LogP contribution is -2.48. The second-order valence-corrected chi connectivity index (χ2v) is 6.75. The van der Waals surface area contributed by atoms with Crippen LogP contribution >= 0.6 is 0 Å². The summed E-state index contributed by atoms with van der Waals surface area (Å²) in [5, 5.41) is 12.0. The van der Waals surface area contributed by atoms with Gasteiger partial charge in [0.1, 0.15) is 0 Å². The molecule has 2 aromatic rings.